The Morgan fingerprint density at radius 2 is 1.95 bits per heavy atom. The molecule has 6 rings (SSSR count). The molecule has 2 atom stereocenters. The number of allylic oxidation sites excluding steroid dienone is 3. The average Bonchev–Trinajstić information content (AvgIpc) is 3.47. The van der Waals surface area contributed by atoms with E-state index in [0.29, 0.717) is 35.9 Å². The van der Waals surface area contributed by atoms with Crippen molar-refractivity contribution in [3.63, 3.8) is 0 Å². The standard InChI is InChI=1S/C30H28ClN3O4/c31-23-12-10-22(11-13-23)30-25-9-5-4-8-24(25)29(36)34(30)15-14-33(30)28(35)19-32-26(27-20-37-16-17-38-27)18-21-6-2-1-3-7-21/h1-2,4-6,8-13,16-17,20,26,32H,3,7,14-15,18-19H2. The van der Waals surface area contributed by atoms with Gasteiger partial charge in [-0.2, -0.15) is 0 Å². The van der Waals surface area contributed by atoms with Gasteiger partial charge in [-0.3, -0.25) is 14.9 Å². The lowest BCUT2D eigenvalue weighted by Gasteiger charge is -2.40. The second kappa shape index (κ2) is 10.2. The second-order valence-electron chi connectivity index (χ2n) is 9.70. The number of fused-ring (bicyclic) bond motifs is 3. The maximum Gasteiger partial charge on any atom is 0.256 e. The number of halogens is 1. The summed E-state index contributed by atoms with van der Waals surface area (Å²) in [6, 6.07) is 14.7. The van der Waals surface area contributed by atoms with Gasteiger partial charge in [-0.25, -0.2) is 0 Å². The third-order valence-corrected chi connectivity index (χ3v) is 7.84. The molecule has 3 heterocycles. The molecule has 0 spiro atoms. The van der Waals surface area contributed by atoms with Crippen LogP contribution in [-0.4, -0.2) is 47.3 Å². The first-order chi connectivity index (χ1) is 18.6. The molecule has 0 saturated carbocycles. The van der Waals surface area contributed by atoms with E-state index in [-0.39, 0.29) is 24.4 Å². The van der Waals surface area contributed by atoms with Crippen LogP contribution < -0.4 is 5.32 Å². The van der Waals surface area contributed by atoms with Gasteiger partial charge in [0.05, 0.1) is 12.6 Å². The van der Waals surface area contributed by atoms with Crippen molar-refractivity contribution in [1.29, 1.82) is 0 Å². The van der Waals surface area contributed by atoms with Crippen molar-refractivity contribution in [3.05, 3.63) is 119 Å². The summed E-state index contributed by atoms with van der Waals surface area (Å²) in [5.41, 5.74) is 2.52. The van der Waals surface area contributed by atoms with E-state index >= 15 is 0 Å². The highest BCUT2D eigenvalue weighted by molar-refractivity contribution is 6.30. The summed E-state index contributed by atoms with van der Waals surface area (Å²) in [5.74, 6) is 0.439. The van der Waals surface area contributed by atoms with Gasteiger partial charge in [0.15, 0.2) is 11.4 Å². The summed E-state index contributed by atoms with van der Waals surface area (Å²) in [7, 11) is 0. The molecule has 2 unspecified atom stereocenters. The minimum atomic E-state index is -1.02. The predicted molar refractivity (Wildman–Crippen MR) is 144 cm³/mol. The Hall–Kier alpha value is -3.81. The normalized spacial score (nSPS) is 22.3. The zero-order valence-electron chi connectivity index (χ0n) is 20.8. The number of carbonyl (C=O) groups excluding carboxylic acids is 2. The van der Waals surface area contributed by atoms with Crippen LogP contribution in [0.25, 0.3) is 0 Å². The third kappa shape index (κ3) is 4.12. The molecule has 1 saturated heterocycles. The fourth-order valence-corrected chi connectivity index (χ4v) is 6.01. The van der Waals surface area contributed by atoms with Crippen LogP contribution in [0.5, 0.6) is 0 Å². The van der Waals surface area contributed by atoms with Gasteiger partial charge >= 0.3 is 0 Å². The highest BCUT2D eigenvalue weighted by atomic mass is 35.5. The molecule has 3 aliphatic heterocycles. The highest BCUT2D eigenvalue weighted by Gasteiger charge is 2.59. The molecule has 2 aromatic carbocycles. The van der Waals surface area contributed by atoms with Crippen molar-refractivity contribution in [1.82, 2.24) is 15.1 Å². The van der Waals surface area contributed by atoms with Gasteiger partial charge < -0.3 is 19.3 Å². The van der Waals surface area contributed by atoms with E-state index in [1.54, 1.807) is 23.3 Å². The number of rotatable bonds is 7. The molecule has 0 bridgehead atoms. The number of nitrogens with zero attached hydrogens (tertiary/aromatic N) is 2. The number of nitrogens with one attached hydrogen (secondary N) is 1. The summed E-state index contributed by atoms with van der Waals surface area (Å²) in [6.07, 6.45) is 13.5. The summed E-state index contributed by atoms with van der Waals surface area (Å²) in [6.45, 7) is 0.935. The summed E-state index contributed by atoms with van der Waals surface area (Å²) in [5, 5.41) is 4.01. The average molecular weight is 530 g/mol. The topological polar surface area (TPSA) is 71.1 Å². The fourth-order valence-electron chi connectivity index (χ4n) is 5.88. The molecule has 0 aromatic heterocycles. The Labute approximate surface area is 226 Å². The summed E-state index contributed by atoms with van der Waals surface area (Å²) < 4.78 is 11.1. The maximum absolute atomic E-state index is 14.0. The van der Waals surface area contributed by atoms with Crippen molar-refractivity contribution < 1.29 is 19.1 Å². The van der Waals surface area contributed by atoms with E-state index in [9.17, 15) is 9.59 Å². The second-order valence-corrected chi connectivity index (χ2v) is 10.1. The van der Waals surface area contributed by atoms with Crippen LogP contribution in [-0.2, 0) is 19.9 Å². The number of amides is 2. The van der Waals surface area contributed by atoms with Crippen LogP contribution in [0, 0.1) is 0 Å². The van der Waals surface area contributed by atoms with Crippen molar-refractivity contribution in [2.45, 2.75) is 31.0 Å². The molecule has 1 N–H and O–H groups in total. The van der Waals surface area contributed by atoms with Gasteiger partial charge in [0.2, 0.25) is 5.91 Å². The largest absolute Gasteiger partial charge is 0.466 e. The van der Waals surface area contributed by atoms with E-state index in [1.165, 1.54) is 18.1 Å². The number of carbonyl (C=O) groups is 2. The molecule has 1 aliphatic carbocycles. The van der Waals surface area contributed by atoms with E-state index in [2.05, 4.69) is 23.5 Å². The molecule has 2 amide bonds. The van der Waals surface area contributed by atoms with Crippen LogP contribution in [0.1, 0.15) is 40.7 Å². The number of hydrogen-bond acceptors (Lipinski definition) is 5. The smallest absolute Gasteiger partial charge is 0.256 e. The Kier molecular flexibility index (Phi) is 6.55. The molecule has 7 nitrogen and oxygen atoms in total. The highest BCUT2D eigenvalue weighted by Crippen LogP contribution is 2.49. The van der Waals surface area contributed by atoms with E-state index in [1.807, 2.05) is 41.3 Å². The minimum absolute atomic E-state index is 0.0672. The molecular weight excluding hydrogens is 502 g/mol. The molecule has 38 heavy (non-hydrogen) atoms. The quantitative estimate of drug-likeness (QED) is 0.556. The van der Waals surface area contributed by atoms with Gasteiger partial charge in [0.1, 0.15) is 18.8 Å². The summed E-state index contributed by atoms with van der Waals surface area (Å²) >= 11 is 6.21. The minimum Gasteiger partial charge on any atom is -0.466 e. The first kappa shape index (κ1) is 24.5. The Morgan fingerprint density at radius 3 is 2.71 bits per heavy atom. The monoisotopic (exact) mass is 529 g/mol. The van der Waals surface area contributed by atoms with Gasteiger partial charge in [0, 0.05) is 34.8 Å². The molecule has 4 aliphatic rings. The van der Waals surface area contributed by atoms with Crippen LogP contribution in [0.2, 0.25) is 5.02 Å². The van der Waals surface area contributed by atoms with Crippen LogP contribution >= 0.6 is 11.6 Å². The molecular formula is C30H28ClN3O4. The van der Waals surface area contributed by atoms with Crippen LogP contribution in [0.15, 0.2) is 96.9 Å². The molecule has 0 radical (unpaired) electrons. The first-order valence-electron chi connectivity index (χ1n) is 12.8. The molecule has 194 valence electrons. The SMILES string of the molecule is O=C(CNC(CC1=CC=CCC1)C1=COC=CO1)N1CCN2C(=O)c3ccccc3C12c1ccc(Cl)cc1. The zero-order chi connectivity index (χ0) is 26.1. The van der Waals surface area contributed by atoms with Crippen molar-refractivity contribution in [2.24, 2.45) is 0 Å². The van der Waals surface area contributed by atoms with Gasteiger partial charge in [-0.15, -0.1) is 0 Å². The van der Waals surface area contributed by atoms with Crippen LogP contribution in [0.4, 0.5) is 0 Å². The van der Waals surface area contributed by atoms with E-state index in [4.69, 9.17) is 21.1 Å². The first-order valence-corrected chi connectivity index (χ1v) is 13.2. The number of hydrogen-bond donors (Lipinski definition) is 1. The van der Waals surface area contributed by atoms with Gasteiger partial charge in [-0.05, 0) is 37.5 Å². The van der Waals surface area contributed by atoms with Gasteiger partial charge in [0.25, 0.3) is 5.91 Å². The Bertz CT molecular complexity index is 1380. The number of ether oxygens (including phenoxy) is 2. The molecule has 2 aromatic rings. The van der Waals surface area contributed by atoms with Gasteiger partial charge in [-0.1, -0.05) is 65.7 Å². The fraction of sp³-hybridized carbons (Fsp3) is 0.267. The maximum atomic E-state index is 14.0. The van der Waals surface area contributed by atoms with Crippen molar-refractivity contribution in [2.75, 3.05) is 19.6 Å². The van der Waals surface area contributed by atoms with E-state index < -0.39 is 5.66 Å². The number of benzene rings is 2. The van der Waals surface area contributed by atoms with Crippen molar-refractivity contribution in [3.8, 4) is 0 Å². The third-order valence-electron chi connectivity index (χ3n) is 7.59. The molecule has 8 heteroatoms. The Balaban J connectivity index is 1.31. The Morgan fingerprint density at radius 1 is 1.11 bits per heavy atom. The lowest BCUT2D eigenvalue weighted by atomic mass is 9.90. The lowest BCUT2D eigenvalue weighted by Crippen LogP contribution is -2.54. The zero-order valence-corrected chi connectivity index (χ0v) is 21.6. The van der Waals surface area contributed by atoms with Crippen LogP contribution in [0.3, 0.4) is 0 Å². The lowest BCUT2D eigenvalue weighted by molar-refractivity contribution is -0.135. The summed E-state index contributed by atoms with van der Waals surface area (Å²) in [4.78, 5) is 31.1. The van der Waals surface area contributed by atoms with Crippen molar-refractivity contribution >= 4 is 23.4 Å². The predicted octanol–water partition coefficient (Wildman–Crippen LogP) is 4.82. The molecule has 1 fully saturated rings. The van der Waals surface area contributed by atoms with E-state index in [0.717, 1.165) is 24.0 Å².